The maximum atomic E-state index is 14.6. The van der Waals surface area contributed by atoms with Gasteiger partial charge in [0.15, 0.2) is 0 Å². The molecule has 0 atom stereocenters. The molecule has 0 aromatic heterocycles. The predicted molar refractivity (Wildman–Crippen MR) is 306 cm³/mol. The predicted octanol–water partition coefficient (Wildman–Crippen LogP) is 14.6. The molecule has 0 radical (unpaired) electrons. The summed E-state index contributed by atoms with van der Waals surface area (Å²) in [7, 11) is 0. The SMILES string of the molecule is CC(C)(C)c1cc(C(=O)OCC(COC(=O)c2cc(C(C)(C)C)c(O)c(C(C)(C)C)c2)(COC(=O)c2cc(C(C)(C)C)c(O)c(C(C)(C)C)c2)COC(=O)c2cc(C(C)(C)C)c(O)c(C(C)(C)C)c2)cc(C(C)(C)C)c1O. The molecule has 0 spiro atoms. The first kappa shape index (κ1) is 63.5. The van der Waals surface area contributed by atoms with E-state index in [-0.39, 0.29) is 45.3 Å². The number of aromatic hydroxyl groups is 4. The van der Waals surface area contributed by atoms with E-state index in [1.54, 1.807) is 48.5 Å². The van der Waals surface area contributed by atoms with E-state index in [4.69, 9.17) is 18.9 Å². The van der Waals surface area contributed by atoms with E-state index < -0.39 is 99.0 Å². The van der Waals surface area contributed by atoms with Gasteiger partial charge in [-0.3, -0.25) is 0 Å². The minimum absolute atomic E-state index is 0.0528. The lowest BCUT2D eigenvalue weighted by Crippen LogP contribution is -2.44. The van der Waals surface area contributed by atoms with Crippen LogP contribution in [0.2, 0.25) is 0 Å². The van der Waals surface area contributed by atoms with Crippen molar-refractivity contribution in [3.05, 3.63) is 115 Å². The van der Waals surface area contributed by atoms with Gasteiger partial charge in [-0.25, -0.2) is 19.2 Å². The van der Waals surface area contributed by atoms with Gasteiger partial charge in [0.2, 0.25) is 0 Å². The summed E-state index contributed by atoms with van der Waals surface area (Å²) >= 11 is 0. The molecule has 0 aliphatic rings. The standard InChI is InChI=1S/C65H92O12/c1-57(2,3)41-25-37(26-42(49(41)66)58(4,5)6)53(70)74-33-65(34-75-54(71)38-27-43(59(7,8)9)50(67)44(28-38)60(10,11)12,35-76-55(72)39-29-45(61(13,14)15)51(68)46(30-39)62(16,17)18)36-77-56(73)40-31-47(63(19,20)21)52(69)48(32-40)64(22,23)24/h25-32,66-69H,33-36H2,1-24H3. The number of phenolic OH excluding ortho intramolecular Hbond substituents is 4. The number of carbonyl (C=O) groups is 4. The highest BCUT2D eigenvalue weighted by molar-refractivity contribution is 5.93. The van der Waals surface area contributed by atoms with Crippen molar-refractivity contribution in [2.45, 2.75) is 209 Å². The molecule has 0 aliphatic heterocycles. The average molecular weight is 1070 g/mol. The zero-order valence-corrected chi connectivity index (χ0v) is 51.0. The molecule has 424 valence electrons. The summed E-state index contributed by atoms with van der Waals surface area (Å²) in [5, 5.41) is 46.2. The Labute approximate surface area is 460 Å². The van der Waals surface area contributed by atoms with Crippen molar-refractivity contribution in [3.63, 3.8) is 0 Å². The Morgan fingerprint density at radius 3 is 0.494 bits per heavy atom. The minimum atomic E-state index is -1.81. The van der Waals surface area contributed by atoms with Crippen LogP contribution in [0.3, 0.4) is 0 Å². The molecule has 0 heterocycles. The van der Waals surface area contributed by atoms with Gasteiger partial charge in [-0.2, -0.15) is 0 Å². The third-order valence-corrected chi connectivity index (χ3v) is 13.9. The number of hydrogen-bond acceptors (Lipinski definition) is 12. The number of hydrogen-bond donors (Lipinski definition) is 4. The van der Waals surface area contributed by atoms with Crippen molar-refractivity contribution in [1.82, 2.24) is 0 Å². The Morgan fingerprint density at radius 2 is 0.390 bits per heavy atom. The van der Waals surface area contributed by atoms with Crippen LogP contribution in [0.15, 0.2) is 48.5 Å². The summed E-state index contributed by atoms with van der Waals surface area (Å²) in [5.41, 5.74) is -2.07. The summed E-state index contributed by atoms with van der Waals surface area (Å²) in [6.07, 6.45) is 0. The number of ether oxygens (including phenoxy) is 4. The van der Waals surface area contributed by atoms with Crippen molar-refractivity contribution in [2.75, 3.05) is 26.4 Å². The number of rotatable bonds is 12. The first-order valence-corrected chi connectivity index (χ1v) is 26.7. The highest BCUT2D eigenvalue weighted by atomic mass is 16.6. The second-order valence-electron chi connectivity index (χ2n) is 29.5. The fourth-order valence-electron chi connectivity index (χ4n) is 9.04. The Bertz CT molecular complexity index is 2340. The summed E-state index contributed by atoms with van der Waals surface area (Å²) in [6, 6.07) is 12.6. The van der Waals surface area contributed by atoms with Crippen molar-refractivity contribution in [3.8, 4) is 23.0 Å². The van der Waals surface area contributed by atoms with E-state index in [1.807, 2.05) is 166 Å². The van der Waals surface area contributed by atoms with E-state index in [0.29, 0.717) is 44.5 Å². The molecule has 0 saturated heterocycles. The Hall–Kier alpha value is -6.04. The first-order valence-electron chi connectivity index (χ1n) is 26.7. The van der Waals surface area contributed by atoms with Crippen LogP contribution in [-0.4, -0.2) is 70.7 Å². The number of carbonyl (C=O) groups excluding carboxylic acids is 4. The third-order valence-electron chi connectivity index (χ3n) is 13.9. The van der Waals surface area contributed by atoms with Gasteiger partial charge in [-0.05, 0) is 91.9 Å². The van der Waals surface area contributed by atoms with E-state index in [0.717, 1.165) is 0 Å². The number of benzene rings is 4. The molecule has 4 aromatic rings. The van der Waals surface area contributed by atoms with Crippen LogP contribution in [0.25, 0.3) is 0 Å². The Kier molecular flexibility index (Phi) is 17.9. The first-order chi connectivity index (χ1) is 34.5. The van der Waals surface area contributed by atoms with Gasteiger partial charge in [-0.15, -0.1) is 0 Å². The van der Waals surface area contributed by atoms with Crippen LogP contribution in [0.1, 0.15) is 252 Å². The normalized spacial score (nSPS) is 13.3. The monoisotopic (exact) mass is 1060 g/mol. The average Bonchev–Trinajstić information content (AvgIpc) is 3.25. The van der Waals surface area contributed by atoms with Crippen molar-refractivity contribution >= 4 is 23.9 Å². The lowest BCUT2D eigenvalue weighted by atomic mass is 9.78. The van der Waals surface area contributed by atoms with Crippen molar-refractivity contribution < 1.29 is 58.6 Å². The van der Waals surface area contributed by atoms with Crippen LogP contribution in [0, 0.1) is 5.41 Å². The summed E-state index contributed by atoms with van der Waals surface area (Å²) < 4.78 is 24.9. The van der Waals surface area contributed by atoms with E-state index in [1.165, 1.54) is 0 Å². The molecule has 0 amide bonds. The molecule has 12 heteroatoms. The van der Waals surface area contributed by atoms with Gasteiger partial charge in [0.25, 0.3) is 0 Å². The molecule has 0 bridgehead atoms. The summed E-state index contributed by atoms with van der Waals surface area (Å²) in [6.45, 7) is 43.5. The Morgan fingerprint density at radius 1 is 0.273 bits per heavy atom. The zero-order valence-electron chi connectivity index (χ0n) is 51.0. The van der Waals surface area contributed by atoms with Gasteiger partial charge in [0.1, 0.15) is 54.8 Å². The maximum absolute atomic E-state index is 14.6. The lowest BCUT2D eigenvalue weighted by Gasteiger charge is -2.33. The van der Waals surface area contributed by atoms with Gasteiger partial charge in [0, 0.05) is 44.5 Å². The fraction of sp³-hybridized carbons (Fsp3) is 0.569. The van der Waals surface area contributed by atoms with E-state index >= 15 is 0 Å². The smallest absolute Gasteiger partial charge is 0.338 e. The molecule has 77 heavy (non-hydrogen) atoms. The van der Waals surface area contributed by atoms with Crippen LogP contribution < -0.4 is 0 Å². The molecule has 4 N–H and O–H groups in total. The minimum Gasteiger partial charge on any atom is -0.507 e. The molecular formula is C65H92O12. The molecular weight excluding hydrogens is 973 g/mol. The second-order valence-corrected chi connectivity index (χ2v) is 29.5. The molecule has 0 fully saturated rings. The molecule has 4 rings (SSSR count). The van der Waals surface area contributed by atoms with E-state index in [2.05, 4.69) is 0 Å². The highest BCUT2D eigenvalue weighted by Gasteiger charge is 2.41. The van der Waals surface area contributed by atoms with Crippen molar-refractivity contribution in [2.24, 2.45) is 5.41 Å². The zero-order chi connectivity index (χ0) is 59.4. The van der Waals surface area contributed by atoms with Gasteiger partial charge in [-0.1, -0.05) is 166 Å². The van der Waals surface area contributed by atoms with Crippen LogP contribution in [0.5, 0.6) is 23.0 Å². The second kappa shape index (κ2) is 21.7. The Balaban J connectivity index is 2.01. The lowest BCUT2D eigenvalue weighted by molar-refractivity contribution is -0.0642. The number of phenols is 4. The third kappa shape index (κ3) is 15.2. The largest absolute Gasteiger partial charge is 0.507 e. The van der Waals surface area contributed by atoms with Gasteiger partial charge in [0.05, 0.1) is 22.3 Å². The molecule has 0 saturated carbocycles. The van der Waals surface area contributed by atoms with Gasteiger partial charge < -0.3 is 39.4 Å². The fourth-order valence-corrected chi connectivity index (χ4v) is 9.04. The molecule has 0 unspecified atom stereocenters. The van der Waals surface area contributed by atoms with Crippen LogP contribution >= 0.6 is 0 Å². The van der Waals surface area contributed by atoms with Gasteiger partial charge >= 0.3 is 23.9 Å². The molecule has 4 aromatic carbocycles. The summed E-state index contributed by atoms with van der Waals surface area (Å²) in [5.74, 6) is -3.05. The van der Waals surface area contributed by atoms with Crippen LogP contribution in [0.4, 0.5) is 0 Å². The number of esters is 4. The molecule has 12 nitrogen and oxygen atoms in total. The van der Waals surface area contributed by atoms with Crippen molar-refractivity contribution in [1.29, 1.82) is 0 Å². The summed E-state index contributed by atoms with van der Waals surface area (Å²) in [4.78, 5) is 58.5. The molecule has 0 aliphatic carbocycles. The van der Waals surface area contributed by atoms with E-state index in [9.17, 15) is 39.6 Å². The quantitative estimate of drug-likeness (QED) is 0.0778. The van der Waals surface area contributed by atoms with Crippen LogP contribution in [-0.2, 0) is 62.3 Å². The highest BCUT2D eigenvalue weighted by Crippen LogP contribution is 2.44. The topological polar surface area (TPSA) is 186 Å². The maximum Gasteiger partial charge on any atom is 0.338 e.